The van der Waals surface area contributed by atoms with Gasteiger partial charge in [-0.1, -0.05) is 0 Å². The van der Waals surface area contributed by atoms with Crippen LogP contribution in [0.3, 0.4) is 0 Å². The third kappa shape index (κ3) is 3.14. The van der Waals surface area contributed by atoms with Gasteiger partial charge in [0, 0.05) is 41.3 Å². The number of benzene rings is 1. The molecule has 0 atom stereocenters. The van der Waals surface area contributed by atoms with Crippen molar-refractivity contribution in [3.05, 3.63) is 66.5 Å². The Bertz CT molecular complexity index is 1320. The zero-order valence-electron chi connectivity index (χ0n) is 16.0. The van der Waals surface area contributed by atoms with Crippen molar-refractivity contribution in [2.24, 2.45) is 0 Å². The van der Waals surface area contributed by atoms with Crippen LogP contribution in [-0.2, 0) is 6.61 Å². The van der Waals surface area contributed by atoms with Crippen LogP contribution in [-0.4, -0.2) is 36.7 Å². The molecule has 8 heteroatoms. The first kappa shape index (κ1) is 17.2. The minimum Gasteiger partial charge on any atom is -0.497 e. The standard InChI is InChI=1S/C21H18N6O2/c1-13-10-23-21(24-13)14-3-6-19-25-26-20(27(19)11-14)12-29-18-7-8-22-17-9-15(28-2)4-5-16(17)18/h3-11H,12H2,1-2H3,(H,23,24). The van der Waals surface area contributed by atoms with E-state index in [1.54, 1.807) is 19.5 Å². The second-order valence-electron chi connectivity index (χ2n) is 6.66. The minimum atomic E-state index is 0.271. The maximum Gasteiger partial charge on any atom is 0.175 e. The van der Waals surface area contributed by atoms with Crippen molar-refractivity contribution < 1.29 is 9.47 Å². The predicted octanol–water partition coefficient (Wildman–Crippen LogP) is 3.56. The van der Waals surface area contributed by atoms with E-state index in [0.29, 0.717) is 5.82 Å². The van der Waals surface area contributed by atoms with Crippen molar-refractivity contribution >= 4 is 16.6 Å². The van der Waals surface area contributed by atoms with Crippen LogP contribution in [0.2, 0.25) is 0 Å². The van der Waals surface area contributed by atoms with Gasteiger partial charge in [-0.15, -0.1) is 10.2 Å². The molecule has 0 amide bonds. The topological polar surface area (TPSA) is 90.2 Å². The number of ether oxygens (including phenoxy) is 2. The van der Waals surface area contributed by atoms with Gasteiger partial charge < -0.3 is 14.5 Å². The first-order chi connectivity index (χ1) is 14.2. The third-order valence-electron chi connectivity index (χ3n) is 4.72. The zero-order chi connectivity index (χ0) is 19.8. The maximum absolute atomic E-state index is 6.07. The molecule has 29 heavy (non-hydrogen) atoms. The third-order valence-corrected chi connectivity index (χ3v) is 4.72. The molecule has 0 aliphatic heterocycles. The quantitative estimate of drug-likeness (QED) is 0.497. The number of aryl methyl sites for hydroxylation is 1. The zero-order valence-corrected chi connectivity index (χ0v) is 16.0. The van der Waals surface area contributed by atoms with Crippen molar-refractivity contribution in [3.8, 4) is 22.9 Å². The van der Waals surface area contributed by atoms with Gasteiger partial charge in [0.15, 0.2) is 11.5 Å². The number of aromatic amines is 1. The first-order valence-corrected chi connectivity index (χ1v) is 9.12. The molecule has 0 radical (unpaired) electrons. The smallest absolute Gasteiger partial charge is 0.175 e. The molecular weight excluding hydrogens is 368 g/mol. The van der Waals surface area contributed by atoms with Gasteiger partial charge in [-0.05, 0) is 37.3 Å². The van der Waals surface area contributed by atoms with E-state index >= 15 is 0 Å². The van der Waals surface area contributed by atoms with Gasteiger partial charge in [0.1, 0.15) is 23.9 Å². The molecule has 1 N–H and O–H groups in total. The Hall–Kier alpha value is -3.94. The molecule has 1 aromatic carbocycles. The molecule has 5 aromatic rings. The summed E-state index contributed by atoms with van der Waals surface area (Å²) >= 11 is 0. The number of fused-ring (bicyclic) bond motifs is 2. The van der Waals surface area contributed by atoms with Gasteiger partial charge in [0.05, 0.1) is 12.6 Å². The number of hydrogen-bond acceptors (Lipinski definition) is 6. The molecule has 0 aliphatic rings. The summed E-state index contributed by atoms with van der Waals surface area (Å²) in [7, 11) is 1.64. The summed E-state index contributed by atoms with van der Waals surface area (Å²) in [5.74, 6) is 2.99. The Balaban J connectivity index is 1.46. The van der Waals surface area contributed by atoms with Crippen LogP contribution in [0.25, 0.3) is 27.9 Å². The lowest BCUT2D eigenvalue weighted by atomic mass is 10.2. The van der Waals surface area contributed by atoms with E-state index < -0.39 is 0 Å². The average Bonchev–Trinajstić information content (AvgIpc) is 3.37. The second-order valence-corrected chi connectivity index (χ2v) is 6.66. The number of pyridine rings is 2. The molecule has 0 unspecified atom stereocenters. The molecule has 8 nitrogen and oxygen atoms in total. The van der Waals surface area contributed by atoms with Gasteiger partial charge in [-0.3, -0.25) is 9.38 Å². The first-order valence-electron chi connectivity index (χ1n) is 9.12. The van der Waals surface area contributed by atoms with E-state index in [0.717, 1.165) is 45.1 Å². The normalized spacial score (nSPS) is 11.2. The highest BCUT2D eigenvalue weighted by Crippen LogP contribution is 2.27. The number of rotatable bonds is 5. The predicted molar refractivity (Wildman–Crippen MR) is 108 cm³/mol. The molecule has 0 bridgehead atoms. The van der Waals surface area contributed by atoms with E-state index in [1.807, 2.05) is 53.9 Å². The fourth-order valence-electron chi connectivity index (χ4n) is 3.23. The van der Waals surface area contributed by atoms with Crippen molar-refractivity contribution in [2.75, 3.05) is 7.11 Å². The van der Waals surface area contributed by atoms with Crippen LogP contribution in [0.5, 0.6) is 11.5 Å². The lowest BCUT2D eigenvalue weighted by Crippen LogP contribution is -2.02. The summed E-state index contributed by atoms with van der Waals surface area (Å²) in [4.78, 5) is 12.0. The molecule has 5 rings (SSSR count). The number of methoxy groups -OCH3 is 1. The Kier molecular flexibility index (Phi) is 4.09. The number of H-pyrrole nitrogens is 1. The van der Waals surface area contributed by atoms with E-state index in [1.165, 1.54) is 0 Å². The van der Waals surface area contributed by atoms with E-state index in [2.05, 4.69) is 25.1 Å². The summed E-state index contributed by atoms with van der Waals surface area (Å²) in [5, 5.41) is 9.42. The molecule has 4 heterocycles. The number of imidazole rings is 1. The maximum atomic E-state index is 6.07. The lowest BCUT2D eigenvalue weighted by molar-refractivity contribution is 0.298. The number of aromatic nitrogens is 6. The molecule has 0 spiro atoms. The van der Waals surface area contributed by atoms with Crippen molar-refractivity contribution in [1.29, 1.82) is 0 Å². The van der Waals surface area contributed by atoms with Gasteiger partial charge in [-0.25, -0.2) is 4.98 Å². The Morgan fingerprint density at radius 2 is 2.00 bits per heavy atom. The van der Waals surface area contributed by atoms with Gasteiger partial charge >= 0.3 is 0 Å². The van der Waals surface area contributed by atoms with Crippen molar-refractivity contribution in [2.45, 2.75) is 13.5 Å². The van der Waals surface area contributed by atoms with Gasteiger partial charge in [0.25, 0.3) is 0 Å². The largest absolute Gasteiger partial charge is 0.497 e. The van der Waals surface area contributed by atoms with Gasteiger partial charge in [-0.2, -0.15) is 0 Å². The molecule has 144 valence electrons. The monoisotopic (exact) mass is 386 g/mol. The van der Waals surface area contributed by atoms with Gasteiger partial charge in [0.2, 0.25) is 0 Å². The molecule has 0 saturated heterocycles. The number of nitrogens with one attached hydrogen (secondary N) is 1. The van der Waals surface area contributed by atoms with E-state index in [9.17, 15) is 0 Å². The number of nitrogens with zero attached hydrogens (tertiary/aromatic N) is 5. The number of hydrogen-bond donors (Lipinski definition) is 1. The van der Waals surface area contributed by atoms with E-state index in [-0.39, 0.29) is 6.61 Å². The summed E-state index contributed by atoms with van der Waals surface area (Å²) in [6.07, 6.45) is 5.48. The molecule has 0 fully saturated rings. The summed E-state index contributed by atoms with van der Waals surface area (Å²) in [5.41, 5.74) is 3.52. The second kappa shape index (κ2) is 6.90. The Labute approximate surface area is 166 Å². The van der Waals surface area contributed by atoms with Crippen molar-refractivity contribution in [1.82, 2.24) is 29.5 Å². The fourth-order valence-corrected chi connectivity index (χ4v) is 3.23. The fraction of sp³-hybridized carbons (Fsp3) is 0.143. The Morgan fingerprint density at radius 1 is 1.07 bits per heavy atom. The summed E-state index contributed by atoms with van der Waals surface area (Å²) in [6, 6.07) is 11.4. The summed E-state index contributed by atoms with van der Waals surface area (Å²) < 4.78 is 13.3. The SMILES string of the molecule is COc1ccc2c(OCc3nnc4ccc(-c5ncc(C)[nH]5)cn34)ccnc2c1. The van der Waals surface area contributed by atoms with Crippen LogP contribution < -0.4 is 9.47 Å². The lowest BCUT2D eigenvalue weighted by Gasteiger charge is -2.09. The van der Waals surface area contributed by atoms with Crippen molar-refractivity contribution in [3.63, 3.8) is 0 Å². The Morgan fingerprint density at radius 3 is 2.83 bits per heavy atom. The van der Waals surface area contributed by atoms with Crippen LogP contribution in [0, 0.1) is 6.92 Å². The summed E-state index contributed by atoms with van der Waals surface area (Å²) in [6.45, 7) is 2.24. The highest BCUT2D eigenvalue weighted by molar-refractivity contribution is 5.85. The minimum absolute atomic E-state index is 0.271. The highest BCUT2D eigenvalue weighted by Gasteiger charge is 2.11. The average molecular weight is 386 g/mol. The molecule has 4 aromatic heterocycles. The highest BCUT2D eigenvalue weighted by atomic mass is 16.5. The molecular formula is C21H18N6O2. The van der Waals surface area contributed by atoms with Crippen LogP contribution in [0.1, 0.15) is 11.5 Å². The van der Waals surface area contributed by atoms with Crippen LogP contribution in [0.4, 0.5) is 0 Å². The molecule has 0 saturated carbocycles. The van der Waals surface area contributed by atoms with Crippen LogP contribution in [0.15, 0.2) is 55.0 Å². The van der Waals surface area contributed by atoms with Crippen LogP contribution >= 0.6 is 0 Å². The molecule has 0 aliphatic carbocycles. The van der Waals surface area contributed by atoms with E-state index in [4.69, 9.17) is 9.47 Å².